The summed E-state index contributed by atoms with van der Waals surface area (Å²) in [6, 6.07) is 16.1. The molecule has 2 rings (SSSR count). The van der Waals surface area contributed by atoms with Gasteiger partial charge in [-0.25, -0.2) is 0 Å². The number of rotatable bonds is 5. The van der Waals surface area contributed by atoms with Crippen LogP contribution in [0, 0.1) is 0 Å². The highest BCUT2D eigenvalue weighted by molar-refractivity contribution is 7.55. The first-order valence-electron chi connectivity index (χ1n) is 6.04. The zero-order chi connectivity index (χ0) is 13.7. The molecule has 2 aromatic carbocycles. The summed E-state index contributed by atoms with van der Waals surface area (Å²) in [5, 5.41) is 0.563. The van der Waals surface area contributed by atoms with Crippen molar-refractivity contribution in [1.82, 2.24) is 0 Å². The first-order valence-corrected chi connectivity index (χ1v) is 7.26. The fourth-order valence-corrected chi connectivity index (χ4v) is 2.75. The molecule has 1 N–H and O–H groups in total. The standard InChI is InChI=1S/C15H15O3P/c1-2-18-19(17)14-11-7-6-10-13(14)15(16)12-8-4-3-5-9-12/h3-11,17H,2H2,1H3. The molecule has 3 nitrogen and oxygen atoms in total. The van der Waals surface area contributed by atoms with Crippen molar-refractivity contribution < 1.29 is 14.2 Å². The van der Waals surface area contributed by atoms with E-state index in [1.165, 1.54) is 0 Å². The maximum absolute atomic E-state index is 12.4. The zero-order valence-corrected chi connectivity index (χ0v) is 11.5. The van der Waals surface area contributed by atoms with Crippen LogP contribution in [-0.2, 0) is 4.52 Å². The lowest BCUT2D eigenvalue weighted by Gasteiger charge is -2.13. The highest BCUT2D eigenvalue weighted by Gasteiger charge is 2.18. The van der Waals surface area contributed by atoms with Crippen molar-refractivity contribution in [2.24, 2.45) is 0 Å². The molecule has 0 fully saturated rings. The number of hydrogen-bond acceptors (Lipinski definition) is 3. The molecule has 0 bridgehead atoms. The van der Waals surface area contributed by atoms with Crippen molar-refractivity contribution in [1.29, 1.82) is 0 Å². The van der Waals surface area contributed by atoms with Gasteiger partial charge in [0.25, 0.3) is 0 Å². The van der Waals surface area contributed by atoms with Crippen LogP contribution in [0.2, 0.25) is 0 Å². The molecule has 98 valence electrons. The summed E-state index contributed by atoms with van der Waals surface area (Å²) in [6.45, 7) is 2.23. The van der Waals surface area contributed by atoms with Gasteiger partial charge in [0.1, 0.15) is 0 Å². The van der Waals surface area contributed by atoms with Crippen molar-refractivity contribution in [2.45, 2.75) is 6.92 Å². The summed E-state index contributed by atoms with van der Waals surface area (Å²) in [4.78, 5) is 22.4. The molecule has 4 heteroatoms. The highest BCUT2D eigenvalue weighted by atomic mass is 31.2. The average molecular weight is 274 g/mol. The molecular formula is C15H15O3P. The molecule has 19 heavy (non-hydrogen) atoms. The predicted octanol–water partition coefficient (Wildman–Crippen LogP) is 2.88. The molecule has 0 saturated heterocycles. The Morgan fingerprint density at radius 3 is 2.42 bits per heavy atom. The molecule has 0 saturated carbocycles. The van der Waals surface area contributed by atoms with Gasteiger partial charge in [-0.1, -0.05) is 48.5 Å². The average Bonchev–Trinajstić information content (AvgIpc) is 2.47. The summed E-state index contributed by atoms with van der Waals surface area (Å²) in [5.41, 5.74) is 1.10. The Kier molecular flexibility index (Phi) is 4.80. The van der Waals surface area contributed by atoms with Gasteiger partial charge in [-0.2, -0.15) is 0 Å². The third kappa shape index (κ3) is 3.27. The van der Waals surface area contributed by atoms with Gasteiger partial charge < -0.3 is 9.42 Å². The van der Waals surface area contributed by atoms with Crippen molar-refractivity contribution in [2.75, 3.05) is 6.61 Å². The first-order chi connectivity index (χ1) is 9.24. The van der Waals surface area contributed by atoms with Gasteiger partial charge in [-0.3, -0.25) is 4.79 Å². The SMILES string of the molecule is CCOP(O)c1ccccc1C(=O)c1ccccc1. The number of ketones is 1. The van der Waals surface area contributed by atoms with Gasteiger partial charge in [-0.15, -0.1) is 0 Å². The van der Waals surface area contributed by atoms with Gasteiger partial charge in [0, 0.05) is 16.4 Å². The quantitative estimate of drug-likeness (QED) is 0.673. The summed E-state index contributed by atoms with van der Waals surface area (Å²) >= 11 is 0. The van der Waals surface area contributed by atoms with Crippen LogP contribution in [0.15, 0.2) is 54.6 Å². The first kappa shape index (κ1) is 13.9. The second kappa shape index (κ2) is 6.58. The molecule has 0 aromatic heterocycles. The second-order valence-electron chi connectivity index (χ2n) is 3.90. The van der Waals surface area contributed by atoms with Crippen molar-refractivity contribution in [3.63, 3.8) is 0 Å². The van der Waals surface area contributed by atoms with Crippen LogP contribution in [0.3, 0.4) is 0 Å². The Balaban J connectivity index is 2.37. The van der Waals surface area contributed by atoms with Crippen LogP contribution in [0.1, 0.15) is 22.8 Å². The number of benzene rings is 2. The number of carbonyl (C=O) groups excluding carboxylic acids is 1. The third-order valence-corrected chi connectivity index (χ3v) is 3.95. The molecular weight excluding hydrogens is 259 g/mol. The largest absolute Gasteiger partial charge is 0.346 e. The van der Waals surface area contributed by atoms with E-state index in [9.17, 15) is 9.69 Å². The van der Waals surface area contributed by atoms with E-state index in [0.29, 0.717) is 23.0 Å². The zero-order valence-electron chi connectivity index (χ0n) is 10.6. The van der Waals surface area contributed by atoms with E-state index in [0.717, 1.165) is 0 Å². The lowest BCUT2D eigenvalue weighted by molar-refractivity contribution is 0.103. The maximum Gasteiger partial charge on any atom is 0.203 e. The summed E-state index contributed by atoms with van der Waals surface area (Å²) in [5.74, 6) is -0.0996. The Bertz CT molecular complexity index is 554. The van der Waals surface area contributed by atoms with Gasteiger partial charge in [0.15, 0.2) is 5.78 Å². The van der Waals surface area contributed by atoms with Crippen LogP contribution in [-0.4, -0.2) is 17.3 Å². The van der Waals surface area contributed by atoms with Crippen LogP contribution in [0.25, 0.3) is 0 Å². The third-order valence-electron chi connectivity index (χ3n) is 2.64. The van der Waals surface area contributed by atoms with Crippen LogP contribution in [0.4, 0.5) is 0 Å². The predicted molar refractivity (Wildman–Crippen MR) is 76.7 cm³/mol. The molecule has 0 aliphatic carbocycles. The summed E-state index contributed by atoms with van der Waals surface area (Å²) < 4.78 is 5.22. The lowest BCUT2D eigenvalue weighted by Crippen LogP contribution is -2.15. The fourth-order valence-electron chi connectivity index (χ4n) is 1.77. The van der Waals surface area contributed by atoms with E-state index in [-0.39, 0.29) is 5.78 Å². The Morgan fingerprint density at radius 2 is 1.74 bits per heavy atom. The molecule has 0 spiro atoms. The number of carbonyl (C=O) groups is 1. The maximum atomic E-state index is 12.4. The molecule has 0 radical (unpaired) electrons. The van der Waals surface area contributed by atoms with E-state index in [2.05, 4.69) is 0 Å². The van der Waals surface area contributed by atoms with E-state index in [4.69, 9.17) is 4.52 Å². The van der Waals surface area contributed by atoms with Crippen molar-refractivity contribution >= 4 is 19.5 Å². The minimum absolute atomic E-state index is 0.0996. The highest BCUT2D eigenvalue weighted by Crippen LogP contribution is 2.32. The van der Waals surface area contributed by atoms with Crippen LogP contribution in [0.5, 0.6) is 0 Å². The molecule has 0 aliphatic heterocycles. The summed E-state index contributed by atoms with van der Waals surface area (Å²) in [7, 11) is -1.74. The van der Waals surface area contributed by atoms with Gasteiger partial charge in [0.05, 0.1) is 6.61 Å². The van der Waals surface area contributed by atoms with E-state index < -0.39 is 8.38 Å². The minimum atomic E-state index is -1.74. The van der Waals surface area contributed by atoms with E-state index in [1.807, 2.05) is 25.1 Å². The Hall–Kier alpha value is -1.54. The fraction of sp³-hybridized carbons (Fsp3) is 0.133. The summed E-state index contributed by atoms with van der Waals surface area (Å²) in [6.07, 6.45) is 0. The monoisotopic (exact) mass is 274 g/mol. The van der Waals surface area contributed by atoms with Gasteiger partial charge in [0.2, 0.25) is 8.38 Å². The second-order valence-corrected chi connectivity index (χ2v) is 5.19. The van der Waals surface area contributed by atoms with E-state index >= 15 is 0 Å². The van der Waals surface area contributed by atoms with Gasteiger partial charge in [-0.05, 0) is 13.0 Å². The van der Waals surface area contributed by atoms with E-state index in [1.54, 1.807) is 36.4 Å². The molecule has 2 aromatic rings. The Labute approximate surface area is 113 Å². The smallest absolute Gasteiger partial charge is 0.203 e. The molecule has 0 amide bonds. The lowest BCUT2D eigenvalue weighted by atomic mass is 10.0. The normalized spacial score (nSPS) is 12.1. The van der Waals surface area contributed by atoms with Crippen molar-refractivity contribution in [3.8, 4) is 0 Å². The molecule has 0 aliphatic rings. The molecule has 1 atom stereocenters. The molecule has 0 heterocycles. The molecule has 1 unspecified atom stereocenters. The van der Waals surface area contributed by atoms with Crippen LogP contribution < -0.4 is 5.30 Å². The Morgan fingerprint density at radius 1 is 1.11 bits per heavy atom. The number of hydrogen-bond donors (Lipinski definition) is 1. The topological polar surface area (TPSA) is 46.5 Å². The van der Waals surface area contributed by atoms with Crippen molar-refractivity contribution in [3.05, 3.63) is 65.7 Å². The minimum Gasteiger partial charge on any atom is -0.346 e. The van der Waals surface area contributed by atoms with Gasteiger partial charge >= 0.3 is 0 Å². The van der Waals surface area contributed by atoms with Crippen LogP contribution >= 0.6 is 8.38 Å².